The summed E-state index contributed by atoms with van der Waals surface area (Å²) < 4.78 is 5.14. The van der Waals surface area contributed by atoms with Gasteiger partial charge in [-0.15, -0.1) is 0 Å². The summed E-state index contributed by atoms with van der Waals surface area (Å²) in [7, 11) is 3.65. The molecule has 0 radical (unpaired) electrons. The van der Waals surface area contributed by atoms with Crippen LogP contribution in [0.1, 0.15) is 0 Å². The van der Waals surface area contributed by atoms with E-state index in [1.54, 1.807) is 29.2 Å². The van der Waals surface area contributed by atoms with Crippen molar-refractivity contribution in [3.8, 4) is 11.8 Å². The maximum atomic E-state index is 11.5. The molecular formula is C12H15N3O2. The fourth-order valence-electron chi connectivity index (χ4n) is 1.27. The molecule has 1 rings (SSSR count). The number of hydrogen-bond donors (Lipinski definition) is 1. The highest BCUT2D eigenvalue weighted by atomic mass is 16.5. The Bertz CT molecular complexity index is 424. The number of benzene rings is 1. The second-order valence-electron chi connectivity index (χ2n) is 3.76. The lowest BCUT2D eigenvalue weighted by Gasteiger charge is -2.10. The van der Waals surface area contributed by atoms with Gasteiger partial charge in [0, 0.05) is 11.8 Å². The fourth-order valence-corrected chi connectivity index (χ4v) is 1.27. The molecule has 0 aliphatic carbocycles. The van der Waals surface area contributed by atoms with Crippen molar-refractivity contribution in [1.82, 2.24) is 4.90 Å². The van der Waals surface area contributed by atoms with E-state index in [4.69, 9.17) is 10.00 Å². The van der Waals surface area contributed by atoms with Gasteiger partial charge >= 0.3 is 0 Å². The number of nitrogens with zero attached hydrogens (tertiary/aromatic N) is 2. The Morgan fingerprint density at radius 3 is 2.94 bits per heavy atom. The van der Waals surface area contributed by atoms with E-state index < -0.39 is 0 Å². The number of hydrogen-bond acceptors (Lipinski definition) is 4. The molecule has 0 aromatic heterocycles. The van der Waals surface area contributed by atoms with Gasteiger partial charge in [-0.05, 0) is 26.2 Å². The van der Waals surface area contributed by atoms with Gasteiger partial charge in [-0.25, -0.2) is 0 Å². The van der Waals surface area contributed by atoms with Crippen LogP contribution < -0.4 is 10.1 Å². The van der Waals surface area contributed by atoms with Crippen molar-refractivity contribution in [3.05, 3.63) is 24.3 Å². The Hall–Kier alpha value is -2.06. The highest BCUT2D eigenvalue weighted by Gasteiger charge is 2.04. The minimum atomic E-state index is -0.0903. The van der Waals surface area contributed by atoms with E-state index in [2.05, 4.69) is 5.32 Å². The lowest BCUT2D eigenvalue weighted by Crippen LogP contribution is -2.27. The molecule has 0 bridgehead atoms. The average molecular weight is 233 g/mol. The van der Waals surface area contributed by atoms with Crippen LogP contribution in [0.5, 0.6) is 5.75 Å². The highest BCUT2D eigenvalue weighted by molar-refractivity contribution is 5.92. The van der Waals surface area contributed by atoms with Crippen molar-refractivity contribution >= 4 is 11.6 Å². The van der Waals surface area contributed by atoms with Crippen molar-refractivity contribution in [3.63, 3.8) is 0 Å². The summed E-state index contributed by atoms with van der Waals surface area (Å²) in [4.78, 5) is 13.3. The number of anilines is 1. The van der Waals surface area contributed by atoms with E-state index in [-0.39, 0.29) is 12.5 Å². The molecule has 1 aromatic rings. The van der Waals surface area contributed by atoms with Crippen LogP contribution >= 0.6 is 0 Å². The molecule has 0 saturated carbocycles. The molecule has 1 amide bonds. The van der Waals surface area contributed by atoms with Crippen LogP contribution in [0.4, 0.5) is 5.69 Å². The van der Waals surface area contributed by atoms with E-state index in [1.165, 1.54) is 0 Å². The van der Waals surface area contributed by atoms with Gasteiger partial charge in [0.1, 0.15) is 11.8 Å². The molecule has 0 atom stereocenters. The van der Waals surface area contributed by atoms with Crippen molar-refractivity contribution in [2.45, 2.75) is 0 Å². The molecule has 1 aromatic carbocycles. The maximum Gasteiger partial charge on any atom is 0.238 e. The van der Waals surface area contributed by atoms with Gasteiger partial charge in [-0.1, -0.05) is 6.07 Å². The first-order valence-electron chi connectivity index (χ1n) is 5.16. The number of carbonyl (C=O) groups is 1. The van der Waals surface area contributed by atoms with Gasteiger partial charge in [0.05, 0.1) is 6.54 Å². The smallest absolute Gasteiger partial charge is 0.238 e. The molecule has 0 aliphatic heterocycles. The Kier molecular flexibility index (Phi) is 4.98. The zero-order chi connectivity index (χ0) is 12.7. The van der Waals surface area contributed by atoms with Crippen LogP contribution in [0.15, 0.2) is 24.3 Å². The Morgan fingerprint density at radius 2 is 2.29 bits per heavy atom. The van der Waals surface area contributed by atoms with Crippen LogP contribution in [0, 0.1) is 11.3 Å². The summed E-state index contributed by atoms with van der Waals surface area (Å²) in [6, 6.07) is 8.84. The van der Waals surface area contributed by atoms with Crippen LogP contribution in [-0.2, 0) is 4.79 Å². The van der Waals surface area contributed by atoms with E-state index in [0.717, 1.165) is 0 Å². The molecule has 90 valence electrons. The minimum absolute atomic E-state index is 0.00486. The standard InChI is InChI=1S/C12H15N3O2/c1-15(2)9-12(16)14-10-4-3-5-11(8-10)17-7-6-13/h3-5,8H,7,9H2,1-2H3,(H,14,16). The fraction of sp³-hybridized carbons (Fsp3) is 0.333. The van der Waals surface area contributed by atoms with E-state index in [0.29, 0.717) is 18.0 Å². The number of rotatable bonds is 5. The second-order valence-corrected chi connectivity index (χ2v) is 3.76. The van der Waals surface area contributed by atoms with Gasteiger partial charge in [0.2, 0.25) is 5.91 Å². The number of nitrogens with one attached hydrogen (secondary N) is 1. The Labute approximate surface area is 101 Å². The molecule has 5 nitrogen and oxygen atoms in total. The zero-order valence-electron chi connectivity index (χ0n) is 9.93. The molecule has 17 heavy (non-hydrogen) atoms. The maximum absolute atomic E-state index is 11.5. The van der Waals surface area contributed by atoms with Crippen LogP contribution in [0.25, 0.3) is 0 Å². The number of nitriles is 1. The summed E-state index contributed by atoms with van der Waals surface area (Å²) in [5, 5.41) is 11.1. The molecule has 0 unspecified atom stereocenters. The van der Waals surface area contributed by atoms with Crippen molar-refractivity contribution in [2.24, 2.45) is 0 Å². The van der Waals surface area contributed by atoms with Crippen molar-refractivity contribution < 1.29 is 9.53 Å². The SMILES string of the molecule is CN(C)CC(=O)Nc1cccc(OCC#N)c1. The third-order valence-corrected chi connectivity index (χ3v) is 1.88. The van der Waals surface area contributed by atoms with Crippen LogP contribution in [0.2, 0.25) is 0 Å². The van der Waals surface area contributed by atoms with E-state index in [1.807, 2.05) is 20.2 Å². The largest absolute Gasteiger partial charge is 0.479 e. The first-order chi connectivity index (χ1) is 8.11. The molecule has 1 N–H and O–H groups in total. The predicted octanol–water partition coefficient (Wildman–Crippen LogP) is 1.09. The zero-order valence-corrected chi connectivity index (χ0v) is 9.93. The minimum Gasteiger partial charge on any atom is -0.479 e. The Balaban J connectivity index is 2.59. The summed E-state index contributed by atoms with van der Waals surface area (Å²) in [6.45, 7) is 0.318. The number of carbonyl (C=O) groups excluding carboxylic acids is 1. The van der Waals surface area contributed by atoms with Crippen molar-refractivity contribution in [2.75, 3.05) is 32.6 Å². The first kappa shape index (κ1) is 13.0. The van der Waals surface area contributed by atoms with Crippen LogP contribution in [-0.4, -0.2) is 38.1 Å². The normalized spacial score (nSPS) is 9.76. The quantitative estimate of drug-likeness (QED) is 0.826. The second kappa shape index (κ2) is 6.51. The lowest BCUT2D eigenvalue weighted by molar-refractivity contribution is -0.116. The highest BCUT2D eigenvalue weighted by Crippen LogP contribution is 2.17. The number of amides is 1. The first-order valence-corrected chi connectivity index (χ1v) is 5.16. The van der Waals surface area contributed by atoms with Gasteiger partial charge in [-0.2, -0.15) is 5.26 Å². The van der Waals surface area contributed by atoms with Gasteiger partial charge in [0.25, 0.3) is 0 Å². The summed E-state index contributed by atoms with van der Waals surface area (Å²) >= 11 is 0. The number of ether oxygens (including phenoxy) is 1. The van der Waals surface area contributed by atoms with E-state index in [9.17, 15) is 4.79 Å². The monoisotopic (exact) mass is 233 g/mol. The number of likely N-dealkylation sites (N-methyl/N-ethyl adjacent to an activating group) is 1. The third kappa shape index (κ3) is 5.00. The summed E-state index contributed by atoms with van der Waals surface area (Å²) in [6.07, 6.45) is 0. The summed E-state index contributed by atoms with van der Waals surface area (Å²) in [5.41, 5.74) is 0.660. The van der Waals surface area contributed by atoms with Gasteiger partial charge in [0.15, 0.2) is 6.61 Å². The molecule has 0 saturated heterocycles. The molecule has 5 heteroatoms. The predicted molar refractivity (Wildman–Crippen MR) is 64.7 cm³/mol. The molecule has 0 aliphatic rings. The van der Waals surface area contributed by atoms with Gasteiger partial charge in [-0.3, -0.25) is 4.79 Å². The van der Waals surface area contributed by atoms with Gasteiger partial charge < -0.3 is 15.0 Å². The molecule has 0 spiro atoms. The van der Waals surface area contributed by atoms with E-state index >= 15 is 0 Å². The topological polar surface area (TPSA) is 65.4 Å². The molecule has 0 heterocycles. The average Bonchev–Trinajstić information content (AvgIpc) is 2.25. The van der Waals surface area contributed by atoms with Crippen molar-refractivity contribution in [1.29, 1.82) is 5.26 Å². The lowest BCUT2D eigenvalue weighted by atomic mass is 10.3. The molecule has 0 fully saturated rings. The summed E-state index contributed by atoms with van der Waals surface area (Å²) in [5.74, 6) is 0.474. The van der Waals surface area contributed by atoms with Crippen LogP contribution in [0.3, 0.4) is 0 Å². The third-order valence-electron chi connectivity index (χ3n) is 1.88. The Morgan fingerprint density at radius 1 is 1.53 bits per heavy atom. The molecular weight excluding hydrogens is 218 g/mol.